The minimum absolute atomic E-state index is 0.290. The van der Waals surface area contributed by atoms with E-state index in [9.17, 15) is 0 Å². The van der Waals surface area contributed by atoms with Crippen molar-refractivity contribution in [3.63, 3.8) is 0 Å². The van der Waals surface area contributed by atoms with Gasteiger partial charge in [-0.1, -0.05) is 0 Å². The molecule has 1 heterocycles. The van der Waals surface area contributed by atoms with Gasteiger partial charge in [-0.3, -0.25) is 0 Å². The van der Waals surface area contributed by atoms with E-state index in [1.165, 1.54) is 0 Å². The van der Waals surface area contributed by atoms with Crippen molar-refractivity contribution in [3.05, 3.63) is 12.5 Å². The monoisotopic (exact) mass is 154 g/mol. The molecule has 0 amide bonds. The van der Waals surface area contributed by atoms with E-state index in [4.69, 9.17) is 10.0 Å². The van der Waals surface area contributed by atoms with E-state index < -0.39 is 7.12 Å². The molecule has 0 atom stereocenters. The van der Waals surface area contributed by atoms with E-state index in [1.807, 2.05) is 18.4 Å². The first-order valence-corrected chi connectivity index (χ1v) is 3.50. The molecule has 60 valence electrons. The van der Waals surface area contributed by atoms with Crippen molar-refractivity contribution < 1.29 is 10.0 Å². The van der Waals surface area contributed by atoms with Gasteiger partial charge in [0.15, 0.2) is 0 Å². The van der Waals surface area contributed by atoms with Gasteiger partial charge in [-0.25, -0.2) is 4.98 Å². The fourth-order valence-electron chi connectivity index (χ4n) is 0.768. The first-order chi connectivity index (χ1) is 5.11. The zero-order valence-electron chi connectivity index (χ0n) is 6.60. The second-order valence-corrected chi connectivity index (χ2v) is 2.71. The molecule has 0 aliphatic rings. The summed E-state index contributed by atoms with van der Waals surface area (Å²) in [6, 6.07) is 0.301. The Balaban J connectivity index is 2.82. The Morgan fingerprint density at radius 3 is 2.45 bits per heavy atom. The molecule has 4 nitrogen and oxygen atoms in total. The molecule has 2 N–H and O–H groups in total. The van der Waals surface area contributed by atoms with E-state index in [-0.39, 0.29) is 0 Å². The van der Waals surface area contributed by atoms with Crippen LogP contribution < -0.4 is 5.59 Å². The van der Waals surface area contributed by atoms with Crippen molar-refractivity contribution in [2.75, 3.05) is 0 Å². The van der Waals surface area contributed by atoms with Gasteiger partial charge in [0.25, 0.3) is 0 Å². The molecular formula is C6H11BN2O2. The van der Waals surface area contributed by atoms with Crippen LogP contribution in [0.3, 0.4) is 0 Å². The highest BCUT2D eigenvalue weighted by Gasteiger charge is 2.14. The van der Waals surface area contributed by atoms with Crippen LogP contribution in [-0.2, 0) is 0 Å². The summed E-state index contributed by atoms with van der Waals surface area (Å²) >= 11 is 0. The summed E-state index contributed by atoms with van der Waals surface area (Å²) in [7, 11) is -1.46. The number of aromatic nitrogens is 2. The summed E-state index contributed by atoms with van der Waals surface area (Å²) in [4.78, 5) is 3.80. The molecule has 5 heteroatoms. The average molecular weight is 154 g/mol. The lowest BCUT2D eigenvalue weighted by atomic mass is 9.87. The van der Waals surface area contributed by atoms with E-state index in [0.717, 1.165) is 0 Å². The Bertz CT molecular complexity index is 212. The summed E-state index contributed by atoms with van der Waals surface area (Å²) in [5.74, 6) is 0. The van der Waals surface area contributed by atoms with Gasteiger partial charge < -0.3 is 14.6 Å². The van der Waals surface area contributed by atoms with Crippen LogP contribution in [0.25, 0.3) is 0 Å². The molecule has 1 aromatic heterocycles. The third-order valence-corrected chi connectivity index (χ3v) is 1.48. The van der Waals surface area contributed by atoms with Crippen LogP contribution in [0.5, 0.6) is 0 Å². The van der Waals surface area contributed by atoms with Crippen molar-refractivity contribution in [1.82, 2.24) is 9.55 Å². The third kappa shape index (κ3) is 1.81. The summed E-state index contributed by atoms with van der Waals surface area (Å²) in [5, 5.41) is 17.4. The molecular weight excluding hydrogens is 143 g/mol. The molecule has 1 rings (SSSR count). The van der Waals surface area contributed by atoms with E-state index in [1.54, 1.807) is 12.5 Å². The lowest BCUT2D eigenvalue weighted by Gasteiger charge is -2.03. The molecule has 0 aliphatic heterocycles. The maximum absolute atomic E-state index is 8.70. The van der Waals surface area contributed by atoms with Gasteiger partial charge in [0.05, 0.1) is 11.9 Å². The molecule has 0 radical (unpaired) electrons. The zero-order chi connectivity index (χ0) is 8.43. The summed E-state index contributed by atoms with van der Waals surface area (Å²) < 4.78 is 1.81. The summed E-state index contributed by atoms with van der Waals surface area (Å²) in [6.07, 6.45) is 3.20. The molecule has 0 saturated heterocycles. The van der Waals surface area contributed by atoms with Crippen molar-refractivity contribution in [2.45, 2.75) is 19.9 Å². The summed E-state index contributed by atoms with van der Waals surface area (Å²) in [6.45, 7) is 3.99. The van der Waals surface area contributed by atoms with Crippen molar-refractivity contribution in [2.24, 2.45) is 0 Å². The summed E-state index contributed by atoms with van der Waals surface area (Å²) in [5.41, 5.74) is 0.290. The SMILES string of the molecule is CC(C)n1cnc(B(O)O)c1. The topological polar surface area (TPSA) is 58.3 Å². The van der Waals surface area contributed by atoms with Crippen LogP contribution in [0.4, 0.5) is 0 Å². The maximum atomic E-state index is 8.70. The highest BCUT2D eigenvalue weighted by Crippen LogP contribution is 1.99. The predicted octanol–water partition coefficient (Wildman–Crippen LogP) is -0.856. The smallest absolute Gasteiger partial charge is 0.422 e. The standard InChI is InChI=1S/C6H11BN2O2/c1-5(2)9-3-6(7(10)11)8-4-9/h3-5,10-11H,1-2H3. The van der Waals surface area contributed by atoms with Crippen LogP contribution in [-0.4, -0.2) is 26.7 Å². The number of rotatable bonds is 2. The van der Waals surface area contributed by atoms with E-state index in [2.05, 4.69) is 4.98 Å². The van der Waals surface area contributed by atoms with Crippen LogP contribution in [0, 0.1) is 0 Å². The second-order valence-electron chi connectivity index (χ2n) is 2.71. The Kier molecular flexibility index (Phi) is 2.31. The Morgan fingerprint density at radius 2 is 2.18 bits per heavy atom. The largest absolute Gasteiger partial charge is 0.509 e. The quantitative estimate of drug-likeness (QED) is 0.545. The minimum atomic E-state index is -1.46. The molecule has 0 aromatic carbocycles. The van der Waals surface area contributed by atoms with Crippen molar-refractivity contribution >= 4 is 12.7 Å². The number of hydrogen-bond acceptors (Lipinski definition) is 3. The molecule has 0 spiro atoms. The number of nitrogens with zero attached hydrogens (tertiary/aromatic N) is 2. The fourth-order valence-corrected chi connectivity index (χ4v) is 0.768. The zero-order valence-corrected chi connectivity index (χ0v) is 6.60. The molecule has 0 fully saturated rings. The predicted molar refractivity (Wildman–Crippen MR) is 42.4 cm³/mol. The van der Waals surface area contributed by atoms with Crippen molar-refractivity contribution in [3.8, 4) is 0 Å². The van der Waals surface area contributed by atoms with Gasteiger partial charge in [0.2, 0.25) is 0 Å². The van der Waals surface area contributed by atoms with Crippen LogP contribution >= 0.6 is 0 Å². The van der Waals surface area contributed by atoms with Crippen LogP contribution in [0.2, 0.25) is 0 Å². The van der Waals surface area contributed by atoms with Crippen LogP contribution in [0.1, 0.15) is 19.9 Å². The molecule has 0 bridgehead atoms. The molecule has 0 aliphatic carbocycles. The first kappa shape index (κ1) is 8.29. The van der Waals surface area contributed by atoms with E-state index >= 15 is 0 Å². The van der Waals surface area contributed by atoms with Gasteiger partial charge in [0.1, 0.15) is 0 Å². The molecule has 0 unspecified atom stereocenters. The van der Waals surface area contributed by atoms with E-state index in [0.29, 0.717) is 11.6 Å². The Labute approximate surface area is 65.6 Å². The van der Waals surface area contributed by atoms with Crippen LogP contribution in [0.15, 0.2) is 12.5 Å². The minimum Gasteiger partial charge on any atom is -0.422 e. The fraction of sp³-hybridized carbons (Fsp3) is 0.500. The number of hydrogen-bond donors (Lipinski definition) is 2. The highest BCUT2D eigenvalue weighted by molar-refractivity contribution is 6.57. The Hall–Kier alpha value is -0.805. The van der Waals surface area contributed by atoms with Gasteiger partial charge in [-0.05, 0) is 13.8 Å². The maximum Gasteiger partial charge on any atom is 0.509 e. The van der Waals surface area contributed by atoms with Gasteiger partial charge in [-0.15, -0.1) is 0 Å². The van der Waals surface area contributed by atoms with Gasteiger partial charge in [-0.2, -0.15) is 0 Å². The third-order valence-electron chi connectivity index (χ3n) is 1.48. The molecule has 0 saturated carbocycles. The lowest BCUT2D eigenvalue weighted by Crippen LogP contribution is -2.30. The normalized spacial score (nSPS) is 10.6. The Morgan fingerprint density at radius 1 is 1.55 bits per heavy atom. The molecule has 11 heavy (non-hydrogen) atoms. The molecule has 1 aromatic rings. The highest BCUT2D eigenvalue weighted by atomic mass is 16.4. The first-order valence-electron chi connectivity index (χ1n) is 3.50. The van der Waals surface area contributed by atoms with Crippen molar-refractivity contribution in [1.29, 1.82) is 0 Å². The number of imidazole rings is 1. The van der Waals surface area contributed by atoms with Gasteiger partial charge >= 0.3 is 7.12 Å². The second kappa shape index (κ2) is 3.06. The van der Waals surface area contributed by atoms with Gasteiger partial charge in [0, 0.05) is 12.2 Å². The average Bonchev–Trinajstić information content (AvgIpc) is 2.33. The lowest BCUT2D eigenvalue weighted by molar-refractivity contribution is 0.424.